The summed E-state index contributed by atoms with van der Waals surface area (Å²) >= 11 is 0. The Morgan fingerprint density at radius 1 is 1.03 bits per heavy atom. The SMILES string of the molecule is CCCC(CCNC(=O)OCC1c2ccccc2-c2ccccc21)CCC(=O)N1CCC1C(=O)O. The lowest BCUT2D eigenvalue weighted by atomic mass is 9.93. The van der Waals surface area contributed by atoms with Crippen molar-refractivity contribution in [3.63, 3.8) is 0 Å². The number of fused-ring (bicyclic) bond motifs is 3. The van der Waals surface area contributed by atoms with Crippen LogP contribution in [-0.4, -0.2) is 53.7 Å². The summed E-state index contributed by atoms with van der Waals surface area (Å²) in [5.41, 5.74) is 4.76. The number of hydrogen-bond donors (Lipinski definition) is 2. The van der Waals surface area contributed by atoms with Crippen LogP contribution in [-0.2, 0) is 14.3 Å². The van der Waals surface area contributed by atoms with Crippen molar-refractivity contribution in [2.45, 2.75) is 57.4 Å². The second-order valence-corrected chi connectivity index (χ2v) is 9.46. The van der Waals surface area contributed by atoms with Crippen LogP contribution in [0.4, 0.5) is 4.79 Å². The van der Waals surface area contributed by atoms with E-state index in [2.05, 4.69) is 36.5 Å². The lowest BCUT2D eigenvalue weighted by molar-refractivity contribution is -0.157. The monoisotopic (exact) mass is 478 g/mol. The minimum atomic E-state index is -0.929. The third kappa shape index (κ3) is 5.66. The Kier molecular flexibility index (Phi) is 8.06. The largest absolute Gasteiger partial charge is 0.480 e. The van der Waals surface area contributed by atoms with Crippen molar-refractivity contribution >= 4 is 18.0 Å². The maximum absolute atomic E-state index is 12.4. The van der Waals surface area contributed by atoms with Crippen molar-refractivity contribution in [2.24, 2.45) is 5.92 Å². The summed E-state index contributed by atoms with van der Waals surface area (Å²) in [5.74, 6) is -0.693. The number of carboxylic acid groups (broad SMARTS) is 1. The fourth-order valence-electron chi connectivity index (χ4n) is 5.28. The Bertz CT molecular complexity index is 1020. The Hall–Kier alpha value is -3.35. The molecule has 2 N–H and O–H groups in total. The number of benzene rings is 2. The van der Waals surface area contributed by atoms with Crippen molar-refractivity contribution in [2.75, 3.05) is 19.7 Å². The van der Waals surface area contributed by atoms with Gasteiger partial charge in [0.05, 0.1) is 0 Å². The fraction of sp³-hybridized carbons (Fsp3) is 0.464. The molecule has 0 bridgehead atoms. The zero-order valence-corrected chi connectivity index (χ0v) is 20.2. The molecule has 7 heteroatoms. The van der Waals surface area contributed by atoms with Gasteiger partial charge in [0, 0.05) is 25.4 Å². The van der Waals surface area contributed by atoms with E-state index in [1.165, 1.54) is 27.2 Å². The summed E-state index contributed by atoms with van der Waals surface area (Å²) in [6.07, 6.45) is 3.86. The second-order valence-electron chi connectivity index (χ2n) is 9.46. The second kappa shape index (κ2) is 11.4. The van der Waals surface area contributed by atoms with Crippen LogP contribution in [0, 0.1) is 5.92 Å². The molecule has 1 fully saturated rings. The molecular weight excluding hydrogens is 444 g/mol. The highest BCUT2D eigenvalue weighted by Crippen LogP contribution is 2.44. The van der Waals surface area contributed by atoms with Gasteiger partial charge in [-0.25, -0.2) is 9.59 Å². The molecule has 35 heavy (non-hydrogen) atoms. The third-order valence-corrected chi connectivity index (χ3v) is 7.25. The molecule has 0 saturated carbocycles. The highest BCUT2D eigenvalue weighted by molar-refractivity contribution is 5.85. The first-order valence-corrected chi connectivity index (χ1v) is 12.6. The maximum atomic E-state index is 12.4. The minimum absolute atomic E-state index is 0.0307. The Balaban J connectivity index is 1.22. The number of ether oxygens (including phenoxy) is 1. The zero-order valence-electron chi connectivity index (χ0n) is 20.2. The van der Waals surface area contributed by atoms with Crippen LogP contribution in [0.5, 0.6) is 0 Å². The number of alkyl carbamates (subject to hydrolysis) is 1. The van der Waals surface area contributed by atoms with Crippen LogP contribution in [0.1, 0.15) is 62.5 Å². The van der Waals surface area contributed by atoms with Gasteiger partial charge in [0.2, 0.25) is 5.91 Å². The first-order chi connectivity index (χ1) is 17.0. The van der Waals surface area contributed by atoms with Gasteiger partial charge in [0.1, 0.15) is 12.6 Å². The lowest BCUT2D eigenvalue weighted by Crippen LogP contribution is -2.55. The van der Waals surface area contributed by atoms with Crippen molar-refractivity contribution in [1.29, 1.82) is 0 Å². The van der Waals surface area contributed by atoms with Crippen molar-refractivity contribution in [1.82, 2.24) is 10.2 Å². The average molecular weight is 479 g/mol. The van der Waals surface area contributed by atoms with E-state index in [-0.39, 0.29) is 18.4 Å². The number of nitrogens with zero attached hydrogens (tertiary/aromatic N) is 1. The Morgan fingerprint density at radius 2 is 1.69 bits per heavy atom. The summed E-state index contributed by atoms with van der Waals surface area (Å²) in [4.78, 5) is 37.4. The lowest BCUT2D eigenvalue weighted by Gasteiger charge is -2.38. The van der Waals surface area contributed by atoms with E-state index >= 15 is 0 Å². The molecule has 0 radical (unpaired) electrons. The molecule has 1 aliphatic carbocycles. The highest BCUT2D eigenvalue weighted by Gasteiger charge is 2.37. The number of aliphatic carboxylic acids is 1. The van der Waals surface area contributed by atoms with E-state index in [0.29, 0.717) is 38.3 Å². The van der Waals surface area contributed by atoms with Crippen LogP contribution < -0.4 is 5.32 Å². The van der Waals surface area contributed by atoms with Gasteiger partial charge < -0.3 is 20.1 Å². The molecular formula is C28H34N2O5. The number of rotatable bonds is 11. The predicted octanol–water partition coefficient (Wildman–Crippen LogP) is 4.80. The number of amides is 2. The summed E-state index contributed by atoms with van der Waals surface area (Å²) in [7, 11) is 0. The van der Waals surface area contributed by atoms with Gasteiger partial charge in [0.25, 0.3) is 0 Å². The summed E-state index contributed by atoms with van der Waals surface area (Å²) in [6.45, 7) is 3.39. The number of likely N-dealkylation sites (tertiary alicyclic amines) is 1. The minimum Gasteiger partial charge on any atom is -0.480 e. The molecule has 2 amide bonds. The number of carbonyl (C=O) groups excluding carboxylic acids is 2. The van der Waals surface area contributed by atoms with Gasteiger partial charge in [-0.15, -0.1) is 0 Å². The molecule has 4 rings (SSSR count). The summed E-state index contributed by atoms with van der Waals surface area (Å²) in [5, 5.41) is 12.0. The molecule has 2 aromatic rings. The van der Waals surface area contributed by atoms with E-state index < -0.39 is 18.1 Å². The molecule has 2 aromatic carbocycles. The van der Waals surface area contributed by atoms with Gasteiger partial charge in [-0.1, -0.05) is 68.3 Å². The summed E-state index contributed by atoms with van der Waals surface area (Å²) < 4.78 is 5.60. The molecule has 0 aromatic heterocycles. The quantitative estimate of drug-likeness (QED) is 0.484. The molecule has 2 atom stereocenters. The van der Waals surface area contributed by atoms with Gasteiger partial charge >= 0.3 is 12.1 Å². The predicted molar refractivity (Wildman–Crippen MR) is 133 cm³/mol. The molecule has 1 saturated heterocycles. The third-order valence-electron chi connectivity index (χ3n) is 7.25. The normalized spacial score (nSPS) is 17.2. The first-order valence-electron chi connectivity index (χ1n) is 12.6. The Morgan fingerprint density at radius 3 is 2.26 bits per heavy atom. The van der Waals surface area contributed by atoms with E-state index in [1.807, 2.05) is 24.3 Å². The van der Waals surface area contributed by atoms with Gasteiger partial charge in [0.15, 0.2) is 0 Å². The molecule has 2 unspecified atom stereocenters. The van der Waals surface area contributed by atoms with Crippen molar-refractivity contribution < 1.29 is 24.2 Å². The van der Waals surface area contributed by atoms with Crippen LogP contribution >= 0.6 is 0 Å². The zero-order chi connectivity index (χ0) is 24.8. The topological polar surface area (TPSA) is 95.9 Å². The fourth-order valence-corrected chi connectivity index (χ4v) is 5.28. The Labute approximate surface area is 206 Å². The van der Waals surface area contributed by atoms with E-state index in [4.69, 9.17) is 9.84 Å². The standard InChI is InChI=1S/C28H34N2O5/c1-2-7-19(12-13-26(31)30-17-15-25(30)27(32)33)14-16-29-28(34)35-18-24-22-10-5-3-8-20(22)21-9-4-6-11-23(21)24/h3-6,8-11,19,24-25H,2,7,12-18H2,1H3,(H,29,34)(H,32,33). The van der Waals surface area contributed by atoms with E-state index in [1.54, 1.807) is 0 Å². The van der Waals surface area contributed by atoms with Crippen LogP contribution in [0.25, 0.3) is 11.1 Å². The molecule has 7 nitrogen and oxygen atoms in total. The highest BCUT2D eigenvalue weighted by atomic mass is 16.5. The molecule has 0 spiro atoms. The number of carboxylic acids is 1. The van der Waals surface area contributed by atoms with Gasteiger partial charge in [-0.3, -0.25) is 4.79 Å². The van der Waals surface area contributed by atoms with Crippen LogP contribution in [0.2, 0.25) is 0 Å². The van der Waals surface area contributed by atoms with Crippen molar-refractivity contribution in [3.8, 4) is 11.1 Å². The smallest absolute Gasteiger partial charge is 0.407 e. The van der Waals surface area contributed by atoms with Gasteiger partial charge in [-0.2, -0.15) is 0 Å². The average Bonchev–Trinajstić information content (AvgIpc) is 3.14. The number of hydrogen-bond acceptors (Lipinski definition) is 4. The molecule has 186 valence electrons. The number of nitrogens with one attached hydrogen (secondary N) is 1. The van der Waals surface area contributed by atoms with E-state index in [0.717, 1.165) is 19.3 Å². The molecule has 2 aliphatic rings. The van der Waals surface area contributed by atoms with Gasteiger partial charge in [-0.05, 0) is 47.4 Å². The number of carbonyl (C=O) groups is 3. The van der Waals surface area contributed by atoms with Crippen LogP contribution in [0.15, 0.2) is 48.5 Å². The molecule has 1 heterocycles. The maximum Gasteiger partial charge on any atom is 0.407 e. The van der Waals surface area contributed by atoms with Crippen LogP contribution in [0.3, 0.4) is 0 Å². The van der Waals surface area contributed by atoms with Crippen molar-refractivity contribution in [3.05, 3.63) is 59.7 Å². The van der Waals surface area contributed by atoms with E-state index in [9.17, 15) is 14.4 Å². The first kappa shape index (κ1) is 24.8. The summed E-state index contributed by atoms with van der Waals surface area (Å²) in [6, 6.07) is 15.8. The molecule has 1 aliphatic heterocycles.